The van der Waals surface area contributed by atoms with Gasteiger partial charge in [0.05, 0.1) is 0 Å². The second kappa shape index (κ2) is 6.91. The van der Waals surface area contributed by atoms with E-state index in [1.165, 1.54) is 6.92 Å². The maximum Gasteiger partial charge on any atom is 0.326 e. The number of amides is 3. The summed E-state index contributed by atoms with van der Waals surface area (Å²) in [6.45, 7) is 3.05. The Balaban J connectivity index is 2.83. The molecule has 1 heterocycles. The maximum absolute atomic E-state index is 12.0. The number of carbonyl (C=O) groups is 4. The third-order valence-corrected chi connectivity index (χ3v) is 3.76. The van der Waals surface area contributed by atoms with Crippen molar-refractivity contribution in [3.8, 4) is 0 Å². The third-order valence-electron chi connectivity index (χ3n) is 2.96. The Morgan fingerprint density at radius 2 is 1.71 bits per heavy atom. The summed E-state index contributed by atoms with van der Waals surface area (Å²) in [5, 5.41) is 10.3. The molecule has 0 aliphatic carbocycles. The molecule has 0 saturated carbocycles. The zero-order valence-corrected chi connectivity index (χ0v) is 12.9. The Morgan fingerprint density at radius 1 is 1.24 bits per heavy atom. The van der Waals surface area contributed by atoms with Crippen LogP contribution >= 0.6 is 23.2 Å². The van der Waals surface area contributed by atoms with Crippen LogP contribution in [0, 0.1) is 0 Å². The second-order valence-electron chi connectivity index (χ2n) is 4.47. The molecule has 0 aromatic rings. The first-order valence-corrected chi connectivity index (χ1v) is 6.94. The number of aliphatic carboxylic acids is 1. The Labute approximate surface area is 130 Å². The van der Waals surface area contributed by atoms with Crippen molar-refractivity contribution in [2.75, 3.05) is 0 Å². The number of rotatable bonds is 6. The van der Waals surface area contributed by atoms with Gasteiger partial charge in [0, 0.05) is 0 Å². The van der Waals surface area contributed by atoms with Crippen molar-refractivity contribution in [1.29, 1.82) is 0 Å². The fraction of sp³-hybridized carbons (Fsp3) is 0.500. The first-order chi connectivity index (χ1) is 9.72. The molecule has 0 radical (unpaired) electrons. The van der Waals surface area contributed by atoms with Gasteiger partial charge in [-0.1, -0.05) is 36.5 Å². The van der Waals surface area contributed by atoms with Crippen LogP contribution in [0.5, 0.6) is 0 Å². The van der Waals surface area contributed by atoms with Gasteiger partial charge in [0.2, 0.25) is 5.91 Å². The highest BCUT2D eigenvalue weighted by atomic mass is 35.5. The van der Waals surface area contributed by atoms with Crippen molar-refractivity contribution in [3.05, 3.63) is 10.1 Å². The third kappa shape index (κ3) is 3.54. The van der Waals surface area contributed by atoms with Gasteiger partial charge in [-0.15, -0.1) is 0 Å². The summed E-state index contributed by atoms with van der Waals surface area (Å²) in [6.07, 6.45) is 0.780. The number of nitrogens with one attached hydrogen (secondary N) is 1. The van der Waals surface area contributed by atoms with Crippen LogP contribution in [0.4, 0.5) is 0 Å². The van der Waals surface area contributed by atoms with Crippen molar-refractivity contribution >= 4 is 46.9 Å². The number of imide groups is 1. The largest absolute Gasteiger partial charge is 0.480 e. The van der Waals surface area contributed by atoms with Gasteiger partial charge >= 0.3 is 5.97 Å². The van der Waals surface area contributed by atoms with Crippen LogP contribution in [0.1, 0.15) is 26.7 Å². The lowest BCUT2D eigenvalue weighted by atomic mass is 10.1. The summed E-state index contributed by atoms with van der Waals surface area (Å²) in [4.78, 5) is 47.1. The summed E-state index contributed by atoms with van der Waals surface area (Å²) >= 11 is 11.1. The van der Waals surface area contributed by atoms with Gasteiger partial charge in [0.1, 0.15) is 22.1 Å². The second-order valence-corrected chi connectivity index (χ2v) is 5.23. The molecule has 116 valence electrons. The van der Waals surface area contributed by atoms with Crippen LogP contribution in [0.25, 0.3) is 0 Å². The van der Waals surface area contributed by atoms with E-state index in [0.717, 1.165) is 0 Å². The van der Waals surface area contributed by atoms with Gasteiger partial charge in [-0.25, -0.2) is 4.79 Å². The molecule has 2 atom stereocenters. The van der Waals surface area contributed by atoms with Crippen LogP contribution < -0.4 is 5.32 Å². The normalized spacial score (nSPS) is 18.0. The van der Waals surface area contributed by atoms with E-state index in [1.54, 1.807) is 6.92 Å². The Hall–Kier alpha value is -1.60. The fourth-order valence-electron chi connectivity index (χ4n) is 1.80. The van der Waals surface area contributed by atoms with Crippen molar-refractivity contribution in [3.63, 3.8) is 0 Å². The van der Waals surface area contributed by atoms with Gasteiger partial charge < -0.3 is 10.4 Å². The number of carbonyl (C=O) groups excluding carboxylic acids is 3. The zero-order valence-electron chi connectivity index (χ0n) is 11.4. The van der Waals surface area contributed by atoms with Crippen molar-refractivity contribution in [1.82, 2.24) is 10.2 Å². The monoisotopic (exact) mass is 336 g/mol. The molecule has 1 aliphatic rings. The highest BCUT2D eigenvalue weighted by Crippen LogP contribution is 2.28. The summed E-state index contributed by atoms with van der Waals surface area (Å²) < 4.78 is 0. The molecular formula is C12H14Cl2N2O5. The summed E-state index contributed by atoms with van der Waals surface area (Å²) in [6, 6.07) is -2.30. The molecule has 0 bridgehead atoms. The number of hydrogen-bond donors (Lipinski definition) is 2. The number of halogens is 2. The molecule has 21 heavy (non-hydrogen) atoms. The topological polar surface area (TPSA) is 104 Å². The van der Waals surface area contributed by atoms with Crippen LogP contribution in [0.15, 0.2) is 10.1 Å². The molecule has 1 rings (SSSR count). The summed E-state index contributed by atoms with van der Waals surface area (Å²) in [7, 11) is 0. The van der Waals surface area contributed by atoms with E-state index < -0.39 is 45.8 Å². The van der Waals surface area contributed by atoms with E-state index in [4.69, 9.17) is 28.3 Å². The van der Waals surface area contributed by atoms with Crippen LogP contribution in [0.2, 0.25) is 0 Å². The minimum atomic E-state index is -1.21. The summed E-state index contributed by atoms with van der Waals surface area (Å²) in [5.74, 6) is -3.72. The lowest BCUT2D eigenvalue weighted by Gasteiger charge is -2.23. The molecule has 2 N–H and O–H groups in total. The standard InChI is InChI=1S/C12H14Cl2N2O5/c1-3-4-6(12(20)21)15-9(17)5(2)16-10(18)7(13)8(14)11(16)19/h5-6H,3-4H2,1-2H3,(H,15,17)(H,20,21)/t5-,6+/m0/s1. The quantitative estimate of drug-likeness (QED) is 0.698. The van der Waals surface area contributed by atoms with E-state index >= 15 is 0 Å². The van der Waals surface area contributed by atoms with E-state index in [1.807, 2.05) is 0 Å². The molecule has 0 fully saturated rings. The molecule has 0 unspecified atom stereocenters. The average molecular weight is 337 g/mol. The van der Waals surface area contributed by atoms with Crippen LogP contribution in [0.3, 0.4) is 0 Å². The van der Waals surface area contributed by atoms with Gasteiger partial charge in [-0.05, 0) is 13.3 Å². The van der Waals surface area contributed by atoms with E-state index in [2.05, 4.69) is 5.32 Å². The molecule has 7 nitrogen and oxygen atoms in total. The van der Waals surface area contributed by atoms with Gasteiger partial charge in [-0.3, -0.25) is 19.3 Å². The molecule has 0 spiro atoms. The van der Waals surface area contributed by atoms with Gasteiger partial charge in [0.15, 0.2) is 0 Å². The minimum absolute atomic E-state index is 0.232. The highest BCUT2D eigenvalue weighted by Gasteiger charge is 2.42. The lowest BCUT2D eigenvalue weighted by molar-refractivity contribution is -0.146. The first-order valence-electron chi connectivity index (χ1n) is 6.18. The Kier molecular flexibility index (Phi) is 5.74. The van der Waals surface area contributed by atoms with Gasteiger partial charge in [0.25, 0.3) is 11.8 Å². The maximum atomic E-state index is 12.0. The van der Waals surface area contributed by atoms with Crippen molar-refractivity contribution in [2.45, 2.75) is 38.8 Å². The minimum Gasteiger partial charge on any atom is -0.480 e. The van der Waals surface area contributed by atoms with Crippen molar-refractivity contribution < 1.29 is 24.3 Å². The zero-order chi connectivity index (χ0) is 16.3. The molecule has 0 saturated heterocycles. The van der Waals surface area contributed by atoms with Gasteiger partial charge in [-0.2, -0.15) is 0 Å². The van der Waals surface area contributed by atoms with E-state index in [9.17, 15) is 19.2 Å². The Bertz CT molecular complexity index is 508. The molecular weight excluding hydrogens is 323 g/mol. The Morgan fingerprint density at radius 3 is 2.10 bits per heavy atom. The molecule has 9 heteroatoms. The smallest absolute Gasteiger partial charge is 0.326 e. The molecule has 0 aromatic heterocycles. The summed E-state index contributed by atoms with van der Waals surface area (Å²) in [5.41, 5.74) is 0. The number of hydrogen-bond acceptors (Lipinski definition) is 4. The number of carboxylic acid groups (broad SMARTS) is 1. The van der Waals surface area contributed by atoms with Crippen LogP contribution in [-0.4, -0.2) is 45.8 Å². The number of carboxylic acids is 1. The van der Waals surface area contributed by atoms with E-state index in [0.29, 0.717) is 11.3 Å². The number of nitrogens with zero attached hydrogens (tertiary/aromatic N) is 1. The predicted octanol–water partition coefficient (Wildman–Crippen LogP) is 0.802. The molecule has 3 amide bonds. The SMILES string of the molecule is CCC[C@@H](NC(=O)[C@H](C)N1C(=O)C(Cl)=C(Cl)C1=O)C(=O)O. The highest BCUT2D eigenvalue weighted by molar-refractivity contribution is 6.58. The average Bonchev–Trinajstić information content (AvgIpc) is 2.61. The first kappa shape index (κ1) is 17.5. The lowest BCUT2D eigenvalue weighted by Crippen LogP contribution is -2.52. The fourth-order valence-corrected chi connectivity index (χ4v) is 2.14. The van der Waals surface area contributed by atoms with Crippen LogP contribution in [-0.2, 0) is 19.2 Å². The van der Waals surface area contributed by atoms with E-state index in [-0.39, 0.29) is 6.42 Å². The van der Waals surface area contributed by atoms with Crippen molar-refractivity contribution in [2.24, 2.45) is 0 Å². The predicted molar refractivity (Wildman–Crippen MR) is 74.5 cm³/mol. The molecule has 1 aliphatic heterocycles. The molecule has 0 aromatic carbocycles.